The maximum absolute atomic E-state index is 12.7. The first-order valence-corrected chi connectivity index (χ1v) is 22.8. The van der Waals surface area contributed by atoms with Crippen LogP contribution in [0.1, 0.15) is 104 Å². The smallest absolute Gasteiger partial charge is 0.339 e. The number of carbonyl (C=O) groups excluding carboxylic acids is 3. The van der Waals surface area contributed by atoms with Crippen molar-refractivity contribution >= 4 is 40.3 Å². The van der Waals surface area contributed by atoms with Crippen molar-refractivity contribution < 1.29 is 47.7 Å². The molecule has 12 heteroatoms. The van der Waals surface area contributed by atoms with Crippen LogP contribution in [0.2, 0.25) is 37.3 Å². The van der Waals surface area contributed by atoms with E-state index in [1.165, 1.54) is 31.0 Å². The van der Waals surface area contributed by atoms with Crippen LogP contribution in [0, 0.1) is 0 Å². The molecule has 0 aliphatic rings. The van der Waals surface area contributed by atoms with Crippen molar-refractivity contribution in [1.29, 1.82) is 0 Å². The van der Waals surface area contributed by atoms with Gasteiger partial charge < -0.3 is 28.5 Å². The van der Waals surface area contributed by atoms with Gasteiger partial charge in [-0.05, 0) is 62.5 Å². The molecule has 0 fully saturated rings. The Bertz CT molecular complexity index is 1210. The minimum Gasteiger partial charge on any atom is -0.478 e. The van der Waals surface area contributed by atoms with Crippen molar-refractivity contribution in [3.63, 3.8) is 0 Å². The summed E-state index contributed by atoms with van der Waals surface area (Å²) in [4.78, 5) is 47.8. The fourth-order valence-corrected chi connectivity index (χ4v) is 13.3. The van der Waals surface area contributed by atoms with Gasteiger partial charge in [0.2, 0.25) is 0 Å². The Kier molecular flexibility index (Phi) is 17.3. The molecule has 0 saturated heterocycles. The van der Waals surface area contributed by atoms with E-state index < -0.39 is 45.8 Å². The number of aromatic carboxylic acids is 1. The van der Waals surface area contributed by atoms with Crippen molar-refractivity contribution in [3.05, 3.63) is 47.5 Å². The standard InChI is InChI=1S/C35H58O10Si2/c1-11-15-25-46(7,8)35(6,14-4)45-47(9,10)34(5,13-3)19-16-20-41-21-22-44-33(40)28-18-17-27(26-29(28)31(37)38)32(39)43-24-23-42-30(36)12-2/h12,17-18,26H,2,11,13-16,19-25H2,1,3-10H3,(H,37,38). The van der Waals surface area contributed by atoms with Crippen LogP contribution in [0.25, 0.3) is 0 Å². The van der Waals surface area contributed by atoms with Crippen LogP contribution in [0.5, 0.6) is 0 Å². The van der Waals surface area contributed by atoms with E-state index in [1.807, 2.05) is 0 Å². The molecular weight excluding hydrogens is 637 g/mol. The second-order valence-corrected chi connectivity index (χ2v) is 23.3. The predicted octanol–water partition coefficient (Wildman–Crippen LogP) is 7.83. The number of benzene rings is 1. The molecule has 0 spiro atoms. The zero-order valence-corrected chi connectivity index (χ0v) is 32.1. The molecule has 0 saturated carbocycles. The fourth-order valence-electron chi connectivity index (χ4n) is 5.54. The molecule has 2 atom stereocenters. The molecule has 0 aromatic heterocycles. The summed E-state index contributed by atoms with van der Waals surface area (Å²) in [6.07, 6.45) is 7.29. The first kappa shape index (κ1) is 42.2. The van der Waals surface area contributed by atoms with E-state index >= 15 is 0 Å². The minimum atomic E-state index is -2.12. The third-order valence-electron chi connectivity index (χ3n) is 9.89. The number of unbranched alkanes of at least 4 members (excludes halogenated alkanes) is 1. The van der Waals surface area contributed by atoms with Gasteiger partial charge in [0.1, 0.15) is 19.8 Å². The van der Waals surface area contributed by atoms with E-state index in [9.17, 15) is 24.3 Å². The Morgan fingerprint density at radius 3 is 2.02 bits per heavy atom. The highest BCUT2D eigenvalue weighted by atomic mass is 28.4. The monoisotopic (exact) mass is 694 g/mol. The van der Waals surface area contributed by atoms with Gasteiger partial charge in [0.15, 0.2) is 8.32 Å². The van der Waals surface area contributed by atoms with Crippen molar-refractivity contribution in [3.8, 4) is 0 Å². The van der Waals surface area contributed by atoms with E-state index in [1.54, 1.807) is 0 Å². The Balaban J connectivity index is 2.67. The predicted molar refractivity (Wildman–Crippen MR) is 188 cm³/mol. The van der Waals surface area contributed by atoms with Crippen LogP contribution in [0.3, 0.4) is 0 Å². The lowest BCUT2D eigenvalue weighted by Crippen LogP contribution is -2.60. The molecule has 0 aliphatic heterocycles. The third kappa shape index (κ3) is 12.3. The molecule has 266 valence electrons. The van der Waals surface area contributed by atoms with Crippen molar-refractivity contribution in [2.45, 2.75) is 116 Å². The lowest BCUT2D eigenvalue weighted by atomic mass is 10.0. The molecular formula is C35H58O10Si2. The highest BCUT2D eigenvalue weighted by molar-refractivity contribution is 6.82. The van der Waals surface area contributed by atoms with Gasteiger partial charge >= 0.3 is 23.9 Å². The lowest BCUT2D eigenvalue weighted by Gasteiger charge is -2.52. The van der Waals surface area contributed by atoms with Crippen LogP contribution in [-0.2, 0) is 28.2 Å². The van der Waals surface area contributed by atoms with E-state index in [0.717, 1.165) is 37.8 Å². The van der Waals surface area contributed by atoms with Gasteiger partial charge in [0.25, 0.3) is 0 Å². The number of ether oxygens (including phenoxy) is 4. The normalized spacial score (nSPS) is 14.4. The SMILES string of the molecule is C=CC(=O)OCCOC(=O)c1ccc(C(=O)OCCOCCCC(C)(CC)[Si](C)(C)OC(C)(CC)[Si](C)(C)CCCC)c(C(=O)O)c1. The fraction of sp³-hybridized carbons (Fsp3) is 0.657. The summed E-state index contributed by atoms with van der Waals surface area (Å²) in [6, 6.07) is 4.80. The maximum Gasteiger partial charge on any atom is 0.339 e. The molecule has 0 radical (unpaired) electrons. The molecule has 0 heterocycles. The molecule has 47 heavy (non-hydrogen) atoms. The number of hydrogen-bond acceptors (Lipinski definition) is 9. The number of esters is 3. The summed E-state index contributed by atoms with van der Waals surface area (Å²) in [5, 5.41) is 9.63. The second kappa shape index (κ2) is 19.3. The highest BCUT2D eigenvalue weighted by Crippen LogP contribution is 2.49. The summed E-state index contributed by atoms with van der Waals surface area (Å²) in [5.74, 6) is -3.73. The quantitative estimate of drug-likeness (QED) is 0.0397. The van der Waals surface area contributed by atoms with Gasteiger partial charge in [0, 0.05) is 17.9 Å². The summed E-state index contributed by atoms with van der Waals surface area (Å²) in [6.45, 7) is 24.6. The zero-order valence-electron chi connectivity index (χ0n) is 30.1. The summed E-state index contributed by atoms with van der Waals surface area (Å²) < 4.78 is 28.0. The summed E-state index contributed by atoms with van der Waals surface area (Å²) in [7, 11) is -3.74. The number of rotatable bonds is 23. The molecule has 2 unspecified atom stereocenters. The van der Waals surface area contributed by atoms with Crippen LogP contribution >= 0.6 is 0 Å². The maximum atomic E-state index is 12.7. The van der Waals surface area contributed by atoms with Gasteiger partial charge in [-0.1, -0.05) is 72.7 Å². The average molecular weight is 695 g/mol. The highest BCUT2D eigenvalue weighted by Gasteiger charge is 2.51. The summed E-state index contributed by atoms with van der Waals surface area (Å²) >= 11 is 0. The Labute approximate surface area is 283 Å². The van der Waals surface area contributed by atoms with E-state index in [4.69, 9.17) is 23.4 Å². The zero-order chi connectivity index (χ0) is 35.9. The van der Waals surface area contributed by atoms with Crippen molar-refractivity contribution in [2.24, 2.45) is 0 Å². The van der Waals surface area contributed by atoms with Gasteiger partial charge in [-0.15, -0.1) is 0 Å². The molecule has 1 aromatic carbocycles. The second-order valence-electron chi connectivity index (χ2n) is 13.5. The summed E-state index contributed by atoms with van der Waals surface area (Å²) in [5.41, 5.74) is -0.665. The van der Waals surface area contributed by atoms with E-state index in [0.29, 0.717) is 6.61 Å². The van der Waals surface area contributed by atoms with Gasteiger partial charge in [0.05, 0.1) is 31.4 Å². The molecule has 0 aliphatic carbocycles. The molecule has 0 amide bonds. The van der Waals surface area contributed by atoms with Gasteiger partial charge in [-0.25, -0.2) is 19.2 Å². The Morgan fingerprint density at radius 2 is 1.45 bits per heavy atom. The first-order chi connectivity index (χ1) is 21.9. The van der Waals surface area contributed by atoms with Crippen LogP contribution in [0.4, 0.5) is 0 Å². The average Bonchev–Trinajstić information content (AvgIpc) is 3.03. The van der Waals surface area contributed by atoms with Crippen LogP contribution in [-0.4, -0.2) is 83.6 Å². The molecule has 0 bridgehead atoms. The molecule has 1 rings (SSSR count). The van der Waals surface area contributed by atoms with Crippen molar-refractivity contribution in [2.75, 3.05) is 33.0 Å². The molecule has 1 N–H and O–H groups in total. The van der Waals surface area contributed by atoms with E-state index in [-0.39, 0.29) is 47.8 Å². The largest absolute Gasteiger partial charge is 0.478 e. The molecule has 1 aromatic rings. The van der Waals surface area contributed by atoms with Crippen LogP contribution in [0.15, 0.2) is 30.9 Å². The van der Waals surface area contributed by atoms with E-state index in [2.05, 4.69) is 67.4 Å². The number of carboxylic acid groups (broad SMARTS) is 1. The van der Waals surface area contributed by atoms with Crippen LogP contribution < -0.4 is 0 Å². The van der Waals surface area contributed by atoms with Gasteiger partial charge in [-0.3, -0.25) is 0 Å². The topological polar surface area (TPSA) is 135 Å². The Hall–Kier alpha value is -2.81. The molecule has 10 nitrogen and oxygen atoms in total. The Morgan fingerprint density at radius 1 is 0.830 bits per heavy atom. The number of carbonyl (C=O) groups is 4. The minimum absolute atomic E-state index is 0.0498. The third-order valence-corrected chi connectivity index (χ3v) is 19.5. The van der Waals surface area contributed by atoms with Crippen molar-refractivity contribution in [1.82, 2.24) is 0 Å². The van der Waals surface area contributed by atoms with Gasteiger partial charge in [-0.2, -0.15) is 0 Å². The lowest BCUT2D eigenvalue weighted by molar-refractivity contribution is -0.138. The first-order valence-electron chi connectivity index (χ1n) is 16.7. The number of carboxylic acids is 1. The number of hydrogen-bond donors (Lipinski definition) is 1.